The van der Waals surface area contributed by atoms with Crippen molar-refractivity contribution < 1.29 is 0 Å². The van der Waals surface area contributed by atoms with Crippen molar-refractivity contribution in [3.63, 3.8) is 0 Å². The van der Waals surface area contributed by atoms with Crippen LogP contribution >= 0.6 is 39.5 Å². The first-order valence-electron chi connectivity index (χ1n) is 5.76. The van der Waals surface area contributed by atoms with E-state index in [0.29, 0.717) is 4.99 Å². The molecule has 0 aliphatic carbocycles. The monoisotopic (exact) mass is 350 g/mol. The summed E-state index contributed by atoms with van der Waals surface area (Å²) in [6, 6.07) is 10.3. The second-order valence-electron chi connectivity index (χ2n) is 4.27. The first kappa shape index (κ1) is 12.8. The van der Waals surface area contributed by atoms with E-state index in [-0.39, 0.29) is 0 Å². The van der Waals surface area contributed by atoms with Crippen molar-refractivity contribution in [1.29, 1.82) is 0 Å². The molecule has 2 nitrogen and oxygen atoms in total. The minimum atomic E-state index is 0.437. The maximum absolute atomic E-state index is 5.70. The number of halogens is 1. The van der Waals surface area contributed by atoms with Crippen LogP contribution in [0.4, 0.5) is 0 Å². The zero-order valence-corrected chi connectivity index (χ0v) is 13.2. The highest BCUT2D eigenvalue weighted by atomic mass is 79.9. The van der Waals surface area contributed by atoms with E-state index in [4.69, 9.17) is 18.0 Å². The lowest BCUT2D eigenvalue weighted by Gasteiger charge is -2.06. The normalized spacial score (nSPS) is 11.0. The first-order valence-corrected chi connectivity index (χ1v) is 7.84. The van der Waals surface area contributed by atoms with E-state index in [1.54, 1.807) is 11.3 Å². The predicted molar refractivity (Wildman–Crippen MR) is 88.9 cm³/mol. The van der Waals surface area contributed by atoms with Crippen molar-refractivity contribution in [2.24, 2.45) is 5.73 Å². The van der Waals surface area contributed by atoms with Crippen LogP contribution in [0.25, 0.3) is 10.9 Å². The molecule has 0 saturated heterocycles. The largest absolute Gasteiger partial charge is 0.389 e. The van der Waals surface area contributed by atoms with Gasteiger partial charge in [0.15, 0.2) is 0 Å². The van der Waals surface area contributed by atoms with E-state index >= 15 is 0 Å². The molecule has 2 heterocycles. The Kier molecular flexibility index (Phi) is 3.43. The van der Waals surface area contributed by atoms with Crippen molar-refractivity contribution in [3.8, 4) is 0 Å². The molecule has 96 valence electrons. The average molecular weight is 351 g/mol. The Morgan fingerprint density at radius 3 is 2.84 bits per heavy atom. The van der Waals surface area contributed by atoms with Gasteiger partial charge in [0.05, 0.1) is 6.54 Å². The summed E-state index contributed by atoms with van der Waals surface area (Å²) in [6.07, 6.45) is 2.10. The fraction of sp³-hybridized carbons (Fsp3) is 0.0714. The summed E-state index contributed by atoms with van der Waals surface area (Å²) in [4.78, 5) is 1.74. The van der Waals surface area contributed by atoms with Gasteiger partial charge in [-0.2, -0.15) is 0 Å². The summed E-state index contributed by atoms with van der Waals surface area (Å²) in [5.74, 6) is 0. The number of hydrogen-bond donors (Lipinski definition) is 1. The second-order valence-corrected chi connectivity index (χ2v) is 6.57. The Morgan fingerprint density at radius 1 is 1.32 bits per heavy atom. The van der Waals surface area contributed by atoms with Crippen molar-refractivity contribution in [1.82, 2.24) is 4.57 Å². The number of benzene rings is 1. The van der Waals surface area contributed by atoms with Gasteiger partial charge in [-0.1, -0.05) is 24.4 Å². The van der Waals surface area contributed by atoms with Gasteiger partial charge < -0.3 is 10.3 Å². The first-order chi connectivity index (χ1) is 9.15. The van der Waals surface area contributed by atoms with E-state index in [0.717, 1.165) is 22.1 Å². The summed E-state index contributed by atoms with van der Waals surface area (Å²) < 4.78 is 3.37. The molecule has 0 atom stereocenters. The quantitative estimate of drug-likeness (QED) is 0.719. The summed E-state index contributed by atoms with van der Waals surface area (Å²) in [5, 5.41) is 3.29. The lowest BCUT2D eigenvalue weighted by molar-refractivity contribution is 0.848. The number of nitrogens with two attached hydrogens (primary N) is 1. The number of rotatable bonds is 3. The van der Waals surface area contributed by atoms with Crippen LogP contribution in [0.5, 0.6) is 0 Å². The predicted octanol–water partition coefficient (Wildman–Crippen LogP) is 4.15. The number of nitrogens with zero attached hydrogens (tertiary/aromatic N) is 1. The Labute approximate surface area is 129 Å². The minimum Gasteiger partial charge on any atom is -0.389 e. The molecular weight excluding hydrogens is 340 g/mol. The van der Waals surface area contributed by atoms with Crippen LogP contribution in [-0.2, 0) is 6.54 Å². The molecular formula is C14H11BrN2S2. The number of thiophene rings is 1. The minimum absolute atomic E-state index is 0.437. The third-order valence-electron chi connectivity index (χ3n) is 3.06. The van der Waals surface area contributed by atoms with Crippen molar-refractivity contribution in [3.05, 3.63) is 56.8 Å². The molecule has 0 amide bonds. The van der Waals surface area contributed by atoms with Crippen LogP contribution in [-0.4, -0.2) is 9.56 Å². The Bertz CT molecular complexity index is 758. The molecule has 0 fully saturated rings. The van der Waals surface area contributed by atoms with Gasteiger partial charge in [0, 0.05) is 26.6 Å². The summed E-state index contributed by atoms with van der Waals surface area (Å²) in [6.45, 7) is 0.850. The van der Waals surface area contributed by atoms with Gasteiger partial charge in [-0.25, -0.2) is 0 Å². The third kappa shape index (κ3) is 2.45. The molecule has 3 rings (SSSR count). The highest BCUT2D eigenvalue weighted by Crippen LogP contribution is 2.26. The van der Waals surface area contributed by atoms with Gasteiger partial charge >= 0.3 is 0 Å². The number of thiocarbonyl (C=S) groups is 1. The standard InChI is InChI=1S/C14H11BrN2S2/c15-11-4-6-19-13(11)8-17-5-3-9-1-2-10(14(16)18)7-12(9)17/h1-7H,8H2,(H2,16,18). The molecule has 2 aromatic heterocycles. The Morgan fingerprint density at radius 2 is 2.16 bits per heavy atom. The van der Waals surface area contributed by atoms with Crippen molar-refractivity contribution in [2.75, 3.05) is 0 Å². The van der Waals surface area contributed by atoms with Crippen molar-refractivity contribution >= 4 is 55.4 Å². The molecule has 0 bridgehead atoms. The lowest BCUT2D eigenvalue weighted by atomic mass is 10.1. The maximum atomic E-state index is 5.70. The van der Waals surface area contributed by atoms with Gasteiger partial charge in [-0.15, -0.1) is 11.3 Å². The SMILES string of the molecule is NC(=S)c1ccc2ccn(Cc3sccc3Br)c2c1. The molecule has 0 aliphatic rings. The highest BCUT2D eigenvalue weighted by Gasteiger charge is 2.07. The van der Waals surface area contributed by atoms with Crippen LogP contribution < -0.4 is 5.73 Å². The van der Waals surface area contributed by atoms with Gasteiger partial charge in [-0.3, -0.25) is 0 Å². The molecule has 19 heavy (non-hydrogen) atoms. The van der Waals surface area contributed by atoms with E-state index in [1.165, 1.54) is 10.3 Å². The fourth-order valence-corrected chi connectivity index (χ4v) is 3.67. The zero-order valence-electron chi connectivity index (χ0n) is 9.97. The molecule has 2 N–H and O–H groups in total. The van der Waals surface area contributed by atoms with Gasteiger partial charge in [0.2, 0.25) is 0 Å². The molecule has 0 saturated carbocycles. The smallest absolute Gasteiger partial charge is 0.104 e. The lowest BCUT2D eigenvalue weighted by Crippen LogP contribution is -2.09. The van der Waals surface area contributed by atoms with E-state index < -0.39 is 0 Å². The topological polar surface area (TPSA) is 30.9 Å². The molecule has 1 aromatic carbocycles. The summed E-state index contributed by atoms with van der Waals surface area (Å²) in [5.41, 5.74) is 7.77. The molecule has 5 heteroatoms. The average Bonchev–Trinajstić information content (AvgIpc) is 2.97. The van der Waals surface area contributed by atoms with Crippen LogP contribution in [0.15, 0.2) is 46.4 Å². The van der Waals surface area contributed by atoms with Crippen LogP contribution in [0.3, 0.4) is 0 Å². The number of fused-ring (bicyclic) bond motifs is 1. The summed E-state index contributed by atoms with van der Waals surface area (Å²) in [7, 11) is 0. The van der Waals surface area contributed by atoms with Crippen LogP contribution in [0.1, 0.15) is 10.4 Å². The fourth-order valence-electron chi connectivity index (χ4n) is 2.07. The number of aromatic nitrogens is 1. The number of hydrogen-bond acceptors (Lipinski definition) is 2. The maximum Gasteiger partial charge on any atom is 0.104 e. The van der Waals surface area contributed by atoms with E-state index in [9.17, 15) is 0 Å². The third-order valence-corrected chi connectivity index (χ3v) is 5.21. The molecule has 0 aliphatic heterocycles. The van der Waals surface area contributed by atoms with Crippen LogP contribution in [0.2, 0.25) is 0 Å². The van der Waals surface area contributed by atoms with E-state index in [1.807, 2.05) is 6.07 Å². The van der Waals surface area contributed by atoms with Crippen LogP contribution in [0, 0.1) is 0 Å². The Balaban J connectivity index is 2.06. The van der Waals surface area contributed by atoms with Gasteiger partial charge in [-0.05, 0) is 44.9 Å². The van der Waals surface area contributed by atoms with Gasteiger partial charge in [0.25, 0.3) is 0 Å². The molecule has 3 aromatic rings. The second kappa shape index (κ2) is 5.07. The zero-order chi connectivity index (χ0) is 13.4. The van der Waals surface area contributed by atoms with Crippen molar-refractivity contribution in [2.45, 2.75) is 6.54 Å². The molecule has 0 radical (unpaired) electrons. The summed E-state index contributed by atoms with van der Waals surface area (Å²) >= 11 is 10.4. The highest BCUT2D eigenvalue weighted by molar-refractivity contribution is 9.10. The van der Waals surface area contributed by atoms with Gasteiger partial charge in [0.1, 0.15) is 4.99 Å². The molecule has 0 spiro atoms. The Hall–Kier alpha value is -1.17. The van der Waals surface area contributed by atoms with E-state index in [2.05, 4.69) is 56.3 Å². The molecule has 0 unspecified atom stereocenters.